The number of esters is 1. The van der Waals surface area contributed by atoms with E-state index in [-0.39, 0.29) is 37.8 Å². The molecule has 1 aliphatic heterocycles. The number of hydrogen-bond acceptors (Lipinski definition) is 4. The topological polar surface area (TPSA) is 69.3 Å². The Hall–Kier alpha value is -1.27. The molecular formula is C18H27Cl2N3O2. The van der Waals surface area contributed by atoms with Gasteiger partial charge in [0.15, 0.2) is 0 Å². The summed E-state index contributed by atoms with van der Waals surface area (Å²) in [7, 11) is 0.149. The molecule has 1 saturated heterocycles. The molecule has 1 aromatic heterocycles. The van der Waals surface area contributed by atoms with Crippen molar-refractivity contribution in [1.29, 1.82) is 0 Å². The van der Waals surface area contributed by atoms with E-state index in [0.717, 1.165) is 42.4 Å². The quantitative estimate of drug-likeness (QED) is 0.771. The maximum absolute atomic E-state index is 12.2. The highest BCUT2D eigenvalue weighted by molar-refractivity contribution is 5.86. The molecule has 0 amide bonds. The summed E-state index contributed by atoms with van der Waals surface area (Å²) < 4.78 is 14.9. The van der Waals surface area contributed by atoms with Gasteiger partial charge in [0.05, 0.1) is 6.61 Å². The molecule has 0 aliphatic carbocycles. The van der Waals surface area contributed by atoms with E-state index in [4.69, 9.17) is 11.8 Å². The second-order valence-electron chi connectivity index (χ2n) is 6.28. The Balaban J connectivity index is 0.00000169. The Morgan fingerprint density at radius 3 is 2.84 bits per heavy atom. The molecule has 0 unspecified atom stereocenters. The second kappa shape index (κ2) is 10.0. The highest BCUT2D eigenvalue weighted by Crippen LogP contribution is 2.21. The number of benzene rings is 1. The second-order valence-corrected chi connectivity index (χ2v) is 6.28. The molecule has 2 heterocycles. The van der Waals surface area contributed by atoms with Gasteiger partial charge in [-0.05, 0) is 43.5 Å². The Kier molecular flexibility index (Phi) is 8.03. The van der Waals surface area contributed by atoms with Crippen molar-refractivity contribution in [3.05, 3.63) is 36.0 Å². The van der Waals surface area contributed by atoms with E-state index in [2.05, 4.69) is 5.32 Å². The molecule has 3 N–H and O–H groups in total. The molecule has 5 nitrogen and oxygen atoms in total. The van der Waals surface area contributed by atoms with Crippen molar-refractivity contribution >= 4 is 41.7 Å². The minimum atomic E-state index is -0.670. The summed E-state index contributed by atoms with van der Waals surface area (Å²) in [6.07, 6.45) is 4.43. The third kappa shape index (κ3) is 5.35. The summed E-state index contributed by atoms with van der Waals surface area (Å²) in [6.45, 7) is 2.44. The number of rotatable bonds is 5. The van der Waals surface area contributed by atoms with E-state index >= 15 is 0 Å². The van der Waals surface area contributed by atoms with Crippen LogP contribution in [0.5, 0.6) is 0 Å². The molecule has 0 saturated carbocycles. The zero-order valence-corrected chi connectivity index (χ0v) is 15.8. The van der Waals surface area contributed by atoms with E-state index in [1.54, 1.807) is 0 Å². The zero-order chi connectivity index (χ0) is 16.9. The number of carbonyl (C=O) groups is 1. The highest BCUT2D eigenvalue weighted by Gasteiger charge is 2.21. The van der Waals surface area contributed by atoms with Gasteiger partial charge in [-0.25, -0.2) is 0 Å². The third-order valence-electron chi connectivity index (χ3n) is 4.53. The number of carbonyl (C=O) groups excluding carboxylic acids is 1. The van der Waals surface area contributed by atoms with Crippen molar-refractivity contribution in [1.82, 2.24) is 9.88 Å². The monoisotopic (exact) mass is 388 g/mol. The van der Waals surface area contributed by atoms with Gasteiger partial charge in [0.2, 0.25) is 0 Å². The predicted molar refractivity (Wildman–Crippen MR) is 106 cm³/mol. The van der Waals surface area contributed by atoms with Crippen LogP contribution in [0, 0.1) is 5.92 Å². The Morgan fingerprint density at radius 2 is 2.12 bits per heavy atom. The summed E-state index contributed by atoms with van der Waals surface area (Å²) in [5.74, 6) is 0.101. The standard InChI is InChI=1S/C18H25N3O2.2ClH/c1-21-11-14(15-4-2-3-5-17(15)21)10-16(19)18(22)23-12-13-6-8-20-9-7-13;;/h2-5,11,13,16,20H,6-10,12,19H2,1H3;2*1H/t16-;;/m0../s1/i1D;;. The number of fused-ring (bicyclic) bond motifs is 1. The lowest BCUT2D eigenvalue weighted by atomic mass is 9.99. The highest BCUT2D eigenvalue weighted by atomic mass is 35.5. The number of hydrogen-bond donors (Lipinski definition) is 2. The number of nitrogens with zero attached hydrogens (tertiary/aromatic N) is 1. The molecule has 25 heavy (non-hydrogen) atoms. The van der Waals surface area contributed by atoms with Crippen LogP contribution in [0.4, 0.5) is 0 Å². The molecule has 0 spiro atoms. The average Bonchev–Trinajstić information content (AvgIpc) is 2.98. The number of halogens is 2. The minimum absolute atomic E-state index is 0. The van der Waals surface area contributed by atoms with Crippen LogP contribution >= 0.6 is 24.8 Å². The van der Waals surface area contributed by atoms with Crippen molar-refractivity contribution in [2.45, 2.75) is 25.3 Å². The zero-order valence-electron chi connectivity index (χ0n) is 15.1. The number of piperidine rings is 1. The van der Waals surface area contributed by atoms with Crippen LogP contribution in [-0.4, -0.2) is 36.3 Å². The first-order valence-corrected chi connectivity index (χ1v) is 8.18. The molecule has 1 aliphatic rings. The average molecular weight is 389 g/mol. The van der Waals surface area contributed by atoms with Gasteiger partial charge in [-0.2, -0.15) is 0 Å². The number of nitrogens with two attached hydrogens (primary N) is 1. The molecule has 1 atom stereocenters. The van der Waals surface area contributed by atoms with Crippen molar-refractivity contribution < 1.29 is 10.9 Å². The van der Waals surface area contributed by atoms with Crippen molar-refractivity contribution in [2.24, 2.45) is 18.7 Å². The van der Waals surface area contributed by atoms with Gasteiger partial charge in [0.1, 0.15) is 6.04 Å². The fourth-order valence-electron chi connectivity index (χ4n) is 3.16. The molecule has 140 valence electrons. The van der Waals surface area contributed by atoms with Crippen LogP contribution in [0.3, 0.4) is 0 Å². The first-order valence-electron chi connectivity index (χ1n) is 8.88. The number of ether oxygens (including phenoxy) is 1. The van der Waals surface area contributed by atoms with Crippen molar-refractivity contribution in [2.75, 3.05) is 19.7 Å². The molecule has 1 fully saturated rings. The lowest BCUT2D eigenvalue weighted by molar-refractivity contribution is -0.146. The van der Waals surface area contributed by atoms with Gasteiger partial charge in [-0.3, -0.25) is 4.79 Å². The van der Waals surface area contributed by atoms with Crippen LogP contribution < -0.4 is 11.1 Å². The van der Waals surface area contributed by atoms with Gasteiger partial charge >= 0.3 is 5.97 Å². The van der Waals surface area contributed by atoms with Crippen molar-refractivity contribution in [3.8, 4) is 0 Å². The number of aromatic nitrogens is 1. The minimum Gasteiger partial charge on any atom is -0.464 e. The fraction of sp³-hybridized carbons (Fsp3) is 0.500. The van der Waals surface area contributed by atoms with Crippen LogP contribution in [0.2, 0.25) is 0 Å². The normalized spacial score (nSPS) is 16.4. The molecule has 3 rings (SSSR count). The van der Waals surface area contributed by atoms with Gasteiger partial charge in [-0.15, -0.1) is 24.8 Å². The molecule has 1 aromatic carbocycles. The fourth-order valence-corrected chi connectivity index (χ4v) is 3.16. The first-order chi connectivity index (χ1) is 11.7. The molecule has 0 bridgehead atoms. The van der Waals surface area contributed by atoms with Gasteiger partial charge < -0.3 is 20.4 Å². The number of para-hydroxylation sites is 1. The third-order valence-corrected chi connectivity index (χ3v) is 4.53. The van der Waals surface area contributed by atoms with Crippen LogP contribution in [0.25, 0.3) is 10.9 Å². The summed E-state index contributed by atoms with van der Waals surface area (Å²) in [4.78, 5) is 12.2. The maximum Gasteiger partial charge on any atom is 0.323 e. The van der Waals surface area contributed by atoms with Crippen LogP contribution in [-0.2, 0) is 23.0 Å². The lowest BCUT2D eigenvalue weighted by Crippen LogP contribution is -2.36. The van der Waals surface area contributed by atoms with E-state index in [1.807, 2.05) is 35.0 Å². The predicted octanol–water partition coefficient (Wildman–Crippen LogP) is 2.43. The molecule has 2 aromatic rings. The molecule has 0 radical (unpaired) electrons. The Bertz CT molecular complexity index is 705. The van der Waals surface area contributed by atoms with Crippen LogP contribution in [0.15, 0.2) is 30.5 Å². The SMILES string of the molecule is Cl.Cl.[2H]Cn1cc(C[C@H](N)C(=O)OCC2CCNCC2)c2ccccc21. The smallest absolute Gasteiger partial charge is 0.323 e. The number of aryl methyl sites for hydroxylation is 1. The Morgan fingerprint density at radius 1 is 1.40 bits per heavy atom. The largest absolute Gasteiger partial charge is 0.464 e. The van der Waals surface area contributed by atoms with Gasteiger partial charge in [0, 0.05) is 31.9 Å². The molecule has 7 heteroatoms. The maximum atomic E-state index is 12.2. The number of nitrogens with one attached hydrogen (secondary N) is 1. The summed E-state index contributed by atoms with van der Waals surface area (Å²) in [5, 5.41) is 4.35. The van der Waals surface area contributed by atoms with Gasteiger partial charge in [0.25, 0.3) is 0 Å². The Labute approximate surface area is 162 Å². The molecular weight excluding hydrogens is 361 g/mol. The van der Waals surface area contributed by atoms with Crippen LogP contribution in [0.1, 0.15) is 19.8 Å². The summed E-state index contributed by atoms with van der Waals surface area (Å²) in [6, 6.07) is 7.22. The lowest BCUT2D eigenvalue weighted by Gasteiger charge is -2.22. The van der Waals surface area contributed by atoms with E-state index in [9.17, 15) is 4.79 Å². The first kappa shape index (κ1) is 20.0. The van der Waals surface area contributed by atoms with E-state index in [0.29, 0.717) is 18.9 Å². The summed E-state index contributed by atoms with van der Waals surface area (Å²) in [5.41, 5.74) is 8.05. The van der Waals surface area contributed by atoms with E-state index in [1.165, 1.54) is 0 Å². The van der Waals surface area contributed by atoms with Gasteiger partial charge in [-0.1, -0.05) is 18.2 Å². The van der Waals surface area contributed by atoms with Crippen molar-refractivity contribution in [3.63, 3.8) is 0 Å². The summed E-state index contributed by atoms with van der Waals surface area (Å²) >= 11 is 0. The van der Waals surface area contributed by atoms with E-state index < -0.39 is 6.04 Å².